The number of hydrogen-bond acceptors (Lipinski definition) is 6. The molecule has 0 saturated carbocycles. The van der Waals surface area contributed by atoms with Crippen LogP contribution in [0.25, 0.3) is 0 Å². The fourth-order valence-electron chi connectivity index (χ4n) is 2.82. The van der Waals surface area contributed by atoms with E-state index in [9.17, 15) is 9.59 Å². The highest BCUT2D eigenvalue weighted by molar-refractivity contribution is 8.16. The lowest BCUT2D eigenvalue weighted by atomic mass is 10.2. The molecule has 2 aromatic rings. The van der Waals surface area contributed by atoms with E-state index >= 15 is 0 Å². The summed E-state index contributed by atoms with van der Waals surface area (Å²) in [5.41, 5.74) is 2.31. The number of thioether (sulfide) groups is 2. The first-order valence-corrected chi connectivity index (χ1v) is 11.4. The van der Waals surface area contributed by atoms with Gasteiger partial charge >= 0.3 is 0 Å². The second kappa shape index (κ2) is 10.5. The Kier molecular flexibility index (Phi) is 7.71. The molecule has 0 atom stereocenters. The number of anilines is 2. The molecule has 154 valence electrons. The van der Waals surface area contributed by atoms with Gasteiger partial charge in [-0.15, -0.1) is 23.5 Å². The lowest BCUT2D eigenvalue weighted by Gasteiger charge is -2.21. The number of nitrogens with one attached hydrogen (secondary N) is 2. The molecule has 0 aromatic heterocycles. The molecule has 1 saturated heterocycles. The summed E-state index contributed by atoms with van der Waals surface area (Å²) in [6.45, 7) is 1.30. The Morgan fingerprint density at radius 2 is 1.79 bits per heavy atom. The standard InChI is InChI=1S/C21H24N2O4S2/c1-14(24)22-16-6-9-19(26-2)18(12-16)23-20(25)13-27-17-7-4-15(5-8-17)21-28-10-3-11-29-21/h4-9,12,21H,3,10-11,13H2,1-2H3,(H,22,24)(H,23,25). The summed E-state index contributed by atoms with van der Waals surface area (Å²) in [6.07, 6.45) is 1.26. The maximum absolute atomic E-state index is 12.3. The third-order valence-corrected chi connectivity index (χ3v) is 7.16. The zero-order chi connectivity index (χ0) is 20.6. The molecule has 2 N–H and O–H groups in total. The molecular weight excluding hydrogens is 408 g/mol. The van der Waals surface area contributed by atoms with Crippen molar-refractivity contribution in [1.82, 2.24) is 0 Å². The average molecular weight is 433 g/mol. The van der Waals surface area contributed by atoms with Crippen molar-refractivity contribution in [1.29, 1.82) is 0 Å². The number of benzene rings is 2. The second-order valence-corrected chi connectivity index (χ2v) is 9.15. The van der Waals surface area contributed by atoms with Gasteiger partial charge in [0, 0.05) is 12.6 Å². The fourth-order valence-corrected chi connectivity index (χ4v) is 5.72. The quantitative estimate of drug-likeness (QED) is 0.669. The van der Waals surface area contributed by atoms with E-state index in [4.69, 9.17) is 9.47 Å². The van der Waals surface area contributed by atoms with Crippen molar-refractivity contribution in [3.8, 4) is 11.5 Å². The number of carbonyl (C=O) groups excluding carboxylic acids is 2. The third kappa shape index (κ3) is 6.33. The molecule has 29 heavy (non-hydrogen) atoms. The van der Waals surface area contributed by atoms with E-state index in [1.165, 1.54) is 37.5 Å². The van der Waals surface area contributed by atoms with Crippen LogP contribution < -0.4 is 20.1 Å². The van der Waals surface area contributed by atoms with Crippen LogP contribution in [0.5, 0.6) is 11.5 Å². The summed E-state index contributed by atoms with van der Waals surface area (Å²) in [5.74, 6) is 3.04. The van der Waals surface area contributed by atoms with Crippen molar-refractivity contribution in [2.24, 2.45) is 0 Å². The lowest BCUT2D eigenvalue weighted by molar-refractivity contribution is -0.118. The Bertz CT molecular complexity index is 852. The zero-order valence-electron chi connectivity index (χ0n) is 16.4. The zero-order valence-corrected chi connectivity index (χ0v) is 18.0. The Morgan fingerprint density at radius 3 is 2.45 bits per heavy atom. The Labute approximate surface area is 179 Å². The molecule has 2 aromatic carbocycles. The molecule has 1 heterocycles. The molecular formula is C21H24N2O4S2. The molecule has 3 rings (SSSR count). The predicted octanol–water partition coefficient (Wildman–Crippen LogP) is 4.54. The minimum absolute atomic E-state index is 0.125. The highest BCUT2D eigenvalue weighted by Gasteiger charge is 2.16. The monoisotopic (exact) mass is 432 g/mol. The highest BCUT2D eigenvalue weighted by atomic mass is 32.2. The molecule has 1 aliphatic heterocycles. The molecule has 0 aliphatic carbocycles. The molecule has 0 spiro atoms. The van der Waals surface area contributed by atoms with Gasteiger partial charge in [0.25, 0.3) is 5.91 Å². The predicted molar refractivity (Wildman–Crippen MR) is 120 cm³/mol. The van der Waals surface area contributed by atoms with Crippen molar-refractivity contribution >= 4 is 46.7 Å². The van der Waals surface area contributed by atoms with E-state index in [0.717, 1.165) is 0 Å². The summed E-state index contributed by atoms with van der Waals surface area (Å²) in [4.78, 5) is 23.5. The molecule has 6 nitrogen and oxygen atoms in total. The van der Waals surface area contributed by atoms with Crippen LogP contribution in [-0.4, -0.2) is 37.0 Å². The van der Waals surface area contributed by atoms with Gasteiger partial charge in [0.05, 0.1) is 17.4 Å². The van der Waals surface area contributed by atoms with E-state index in [1.807, 2.05) is 35.7 Å². The number of carbonyl (C=O) groups is 2. The summed E-state index contributed by atoms with van der Waals surface area (Å²) < 4.78 is 11.4. The number of ether oxygens (including phenoxy) is 2. The number of rotatable bonds is 7. The van der Waals surface area contributed by atoms with E-state index in [1.54, 1.807) is 18.2 Å². The van der Waals surface area contributed by atoms with Gasteiger partial charge in [-0.3, -0.25) is 9.59 Å². The molecule has 8 heteroatoms. The molecule has 0 unspecified atom stereocenters. The van der Waals surface area contributed by atoms with Gasteiger partial charge in [-0.2, -0.15) is 0 Å². The number of methoxy groups -OCH3 is 1. The van der Waals surface area contributed by atoms with Gasteiger partial charge in [0.15, 0.2) is 6.61 Å². The molecule has 0 bridgehead atoms. The second-order valence-electron chi connectivity index (χ2n) is 6.43. The largest absolute Gasteiger partial charge is 0.495 e. The molecule has 2 amide bonds. The SMILES string of the molecule is COc1ccc(NC(C)=O)cc1NC(=O)COc1ccc(C2SCCCS2)cc1. The Hall–Kier alpha value is -2.32. The van der Waals surface area contributed by atoms with Crippen LogP contribution in [-0.2, 0) is 9.59 Å². The van der Waals surface area contributed by atoms with Crippen LogP contribution in [0.2, 0.25) is 0 Å². The van der Waals surface area contributed by atoms with E-state index in [-0.39, 0.29) is 18.4 Å². The van der Waals surface area contributed by atoms with Crippen LogP contribution in [0.3, 0.4) is 0 Å². The first kappa shape index (κ1) is 21.4. The minimum atomic E-state index is -0.314. The normalized spacial score (nSPS) is 14.1. The van der Waals surface area contributed by atoms with E-state index in [0.29, 0.717) is 27.5 Å². The third-order valence-electron chi connectivity index (χ3n) is 4.14. The average Bonchev–Trinajstić information content (AvgIpc) is 2.73. The summed E-state index contributed by atoms with van der Waals surface area (Å²) in [6, 6.07) is 12.9. The van der Waals surface area contributed by atoms with Crippen molar-refractivity contribution in [3.05, 3.63) is 48.0 Å². The van der Waals surface area contributed by atoms with E-state index < -0.39 is 0 Å². The van der Waals surface area contributed by atoms with Crippen molar-refractivity contribution in [3.63, 3.8) is 0 Å². The van der Waals surface area contributed by atoms with E-state index in [2.05, 4.69) is 22.8 Å². The van der Waals surface area contributed by atoms with Gasteiger partial charge in [-0.05, 0) is 53.8 Å². The number of hydrogen-bond donors (Lipinski definition) is 2. The van der Waals surface area contributed by atoms with Gasteiger partial charge in [0.2, 0.25) is 5.91 Å². The molecule has 0 radical (unpaired) electrons. The van der Waals surface area contributed by atoms with Crippen LogP contribution in [0.1, 0.15) is 23.5 Å². The molecule has 1 fully saturated rings. The summed E-state index contributed by atoms with van der Waals surface area (Å²) >= 11 is 3.94. The Morgan fingerprint density at radius 1 is 1.07 bits per heavy atom. The van der Waals surface area contributed by atoms with Gasteiger partial charge in [0.1, 0.15) is 11.5 Å². The van der Waals surface area contributed by atoms with Crippen LogP contribution in [0.15, 0.2) is 42.5 Å². The van der Waals surface area contributed by atoms with Crippen molar-refractivity contribution in [2.75, 3.05) is 35.9 Å². The van der Waals surface area contributed by atoms with Crippen molar-refractivity contribution < 1.29 is 19.1 Å². The van der Waals surface area contributed by atoms with Crippen LogP contribution in [0.4, 0.5) is 11.4 Å². The molecule has 1 aliphatic rings. The van der Waals surface area contributed by atoms with Gasteiger partial charge in [-0.25, -0.2) is 0 Å². The maximum Gasteiger partial charge on any atom is 0.262 e. The van der Waals surface area contributed by atoms with Crippen LogP contribution >= 0.6 is 23.5 Å². The Balaban J connectivity index is 1.56. The summed E-state index contributed by atoms with van der Waals surface area (Å²) in [7, 11) is 1.52. The smallest absolute Gasteiger partial charge is 0.262 e. The van der Waals surface area contributed by atoms with Crippen LogP contribution in [0, 0.1) is 0 Å². The maximum atomic E-state index is 12.3. The lowest BCUT2D eigenvalue weighted by Crippen LogP contribution is -2.20. The first-order chi connectivity index (χ1) is 14.0. The minimum Gasteiger partial charge on any atom is -0.495 e. The fraction of sp³-hybridized carbons (Fsp3) is 0.333. The van der Waals surface area contributed by atoms with Gasteiger partial charge in [-0.1, -0.05) is 12.1 Å². The number of amides is 2. The highest BCUT2D eigenvalue weighted by Crippen LogP contribution is 2.43. The van der Waals surface area contributed by atoms with Crippen molar-refractivity contribution in [2.45, 2.75) is 17.9 Å². The summed E-state index contributed by atoms with van der Waals surface area (Å²) in [5, 5.41) is 5.44. The first-order valence-electron chi connectivity index (χ1n) is 9.26. The van der Waals surface area contributed by atoms with Gasteiger partial charge < -0.3 is 20.1 Å². The topological polar surface area (TPSA) is 76.7 Å².